The maximum Gasteiger partial charge on any atom is 0.500 e. The third-order valence-electron chi connectivity index (χ3n) is 3.42. The van der Waals surface area contributed by atoms with Crippen LogP contribution in [-0.4, -0.2) is 43.2 Å². The molecule has 0 aliphatic carbocycles. The highest BCUT2D eigenvalue weighted by Gasteiger charge is 2.40. The summed E-state index contributed by atoms with van der Waals surface area (Å²) < 4.78 is 16.5. The van der Waals surface area contributed by atoms with Crippen molar-refractivity contribution >= 4 is 14.5 Å². The first-order valence-electron chi connectivity index (χ1n) is 6.84. The van der Waals surface area contributed by atoms with Gasteiger partial charge in [-0.25, -0.2) is 0 Å². The van der Waals surface area contributed by atoms with Gasteiger partial charge in [0.05, 0.1) is 0 Å². The Kier molecular flexibility index (Phi) is 7.79. The van der Waals surface area contributed by atoms with Crippen LogP contribution in [0.25, 0.3) is 0 Å². The fourth-order valence-corrected chi connectivity index (χ4v) is 4.24. The van der Waals surface area contributed by atoms with Crippen LogP contribution in [0.4, 0.5) is 5.69 Å². The SMILES string of the molecule is CO[Si](CC(CCN)CNc1ccccc1)(OC)OC. The molecule has 0 spiro atoms. The molecule has 0 aliphatic heterocycles. The van der Waals surface area contributed by atoms with Crippen LogP contribution in [0.1, 0.15) is 6.42 Å². The lowest BCUT2D eigenvalue weighted by molar-refractivity contribution is 0.118. The van der Waals surface area contributed by atoms with Crippen molar-refractivity contribution in [1.29, 1.82) is 0 Å². The molecule has 0 saturated heterocycles. The average Bonchev–Trinajstić information content (AvgIpc) is 2.51. The Labute approximate surface area is 122 Å². The van der Waals surface area contributed by atoms with Gasteiger partial charge >= 0.3 is 8.80 Å². The Hall–Kier alpha value is -0.923. The van der Waals surface area contributed by atoms with Crippen LogP contribution in [0.15, 0.2) is 30.3 Å². The normalized spacial score (nSPS) is 13.2. The van der Waals surface area contributed by atoms with E-state index >= 15 is 0 Å². The lowest BCUT2D eigenvalue weighted by Crippen LogP contribution is -2.45. The van der Waals surface area contributed by atoms with Gasteiger partial charge in [-0.1, -0.05) is 18.2 Å². The summed E-state index contributed by atoms with van der Waals surface area (Å²) in [6, 6.07) is 10.9. The molecule has 0 heterocycles. The molecule has 0 aliphatic rings. The highest BCUT2D eigenvalue weighted by atomic mass is 28.4. The summed E-state index contributed by atoms with van der Waals surface area (Å²) >= 11 is 0. The van der Waals surface area contributed by atoms with Crippen molar-refractivity contribution in [3.05, 3.63) is 30.3 Å². The van der Waals surface area contributed by atoms with Crippen LogP contribution >= 0.6 is 0 Å². The maximum atomic E-state index is 5.71. The van der Waals surface area contributed by atoms with Crippen molar-refractivity contribution in [3.63, 3.8) is 0 Å². The predicted octanol–water partition coefficient (Wildman–Crippen LogP) is 1.94. The number of hydrogen-bond acceptors (Lipinski definition) is 5. The van der Waals surface area contributed by atoms with E-state index in [1.54, 1.807) is 21.3 Å². The van der Waals surface area contributed by atoms with Gasteiger partial charge in [0, 0.05) is 39.6 Å². The van der Waals surface area contributed by atoms with Gasteiger partial charge < -0.3 is 24.3 Å². The highest BCUT2D eigenvalue weighted by Crippen LogP contribution is 2.22. The smallest absolute Gasteiger partial charge is 0.385 e. The number of benzene rings is 1. The van der Waals surface area contributed by atoms with Crippen LogP contribution in [0.5, 0.6) is 0 Å². The van der Waals surface area contributed by atoms with Crippen molar-refractivity contribution in [3.8, 4) is 0 Å². The zero-order valence-corrected chi connectivity index (χ0v) is 13.6. The summed E-state index contributed by atoms with van der Waals surface area (Å²) in [4.78, 5) is 0. The van der Waals surface area contributed by atoms with Gasteiger partial charge in [-0.3, -0.25) is 0 Å². The Morgan fingerprint density at radius 1 is 1.10 bits per heavy atom. The van der Waals surface area contributed by atoms with Crippen molar-refractivity contribution in [1.82, 2.24) is 0 Å². The standard InChI is InChI=1S/C14H26N2O3Si/c1-17-20(18-2,19-3)12-13(9-10-15)11-16-14-7-5-4-6-8-14/h4-8,13,16H,9-12,15H2,1-3H3. The molecule has 1 rings (SSSR count). The van der Waals surface area contributed by atoms with Gasteiger partial charge in [-0.15, -0.1) is 0 Å². The van der Waals surface area contributed by atoms with Crippen molar-refractivity contribution in [2.24, 2.45) is 11.7 Å². The second kappa shape index (κ2) is 9.09. The summed E-state index contributed by atoms with van der Waals surface area (Å²) in [6.45, 7) is 1.47. The van der Waals surface area contributed by atoms with E-state index in [0.717, 1.165) is 24.7 Å². The lowest BCUT2D eigenvalue weighted by atomic mass is 10.1. The number of anilines is 1. The fourth-order valence-electron chi connectivity index (χ4n) is 2.18. The van der Waals surface area contributed by atoms with E-state index < -0.39 is 8.80 Å². The average molecular weight is 298 g/mol. The Morgan fingerprint density at radius 2 is 1.70 bits per heavy atom. The maximum absolute atomic E-state index is 5.71. The molecule has 0 saturated carbocycles. The zero-order valence-electron chi connectivity index (χ0n) is 12.6. The molecular weight excluding hydrogens is 272 g/mol. The summed E-state index contributed by atoms with van der Waals surface area (Å²) in [5.74, 6) is 0.353. The summed E-state index contributed by atoms with van der Waals surface area (Å²) in [5, 5.41) is 3.42. The molecule has 1 aromatic carbocycles. The minimum absolute atomic E-state index is 0.353. The molecule has 0 fully saturated rings. The van der Waals surface area contributed by atoms with Crippen LogP contribution in [0.3, 0.4) is 0 Å². The third-order valence-corrected chi connectivity index (χ3v) is 6.36. The van der Waals surface area contributed by atoms with Crippen LogP contribution < -0.4 is 11.1 Å². The number of para-hydroxylation sites is 1. The van der Waals surface area contributed by atoms with Crippen molar-refractivity contribution in [2.45, 2.75) is 12.5 Å². The highest BCUT2D eigenvalue weighted by molar-refractivity contribution is 6.60. The van der Waals surface area contributed by atoms with Crippen LogP contribution in [-0.2, 0) is 13.3 Å². The number of nitrogens with two attached hydrogens (primary N) is 1. The molecule has 0 bridgehead atoms. The summed E-state index contributed by atoms with van der Waals surface area (Å²) in [7, 11) is 2.38. The quantitative estimate of drug-likeness (QED) is 0.646. The Morgan fingerprint density at radius 3 is 2.20 bits per heavy atom. The largest absolute Gasteiger partial charge is 0.500 e. The number of nitrogens with one attached hydrogen (secondary N) is 1. The molecule has 1 unspecified atom stereocenters. The molecule has 1 aromatic rings. The molecule has 5 nitrogen and oxygen atoms in total. The number of hydrogen-bond donors (Lipinski definition) is 2. The Balaban J connectivity index is 2.59. The molecule has 1 atom stereocenters. The molecule has 0 aromatic heterocycles. The van der Waals surface area contributed by atoms with E-state index in [1.165, 1.54) is 0 Å². The molecule has 6 heteroatoms. The fraction of sp³-hybridized carbons (Fsp3) is 0.571. The lowest BCUT2D eigenvalue weighted by Gasteiger charge is -2.28. The van der Waals surface area contributed by atoms with Gasteiger partial charge in [0.15, 0.2) is 0 Å². The second-order valence-electron chi connectivity index (χ2n) is 4.69. The van der Waals surface area contributed by atoms with E-state index in [2.05, 4.69) is 5.32 Å². The molecule has 114 valence electrons. The van der Waals surface area contributed by atoms with E-state index in [-0.39, 0.29) is 0 Å². The molecule has 20 heavy (non-hydrogen) atoms. The first kappa shape index (κ1) is 17.1. The summed E-state index contributed by atoms with van der Waals surface area (Å²) in [6.07, 6.45) is 0.907. The van der Waals surface area contributed by atoms with Gasteiger partial charge in [0.2, 0.25) is 0 Å². The predicted molar refractivity (Wildman–Crippen MR) is 83.7 cm³/mol. The molecule has 0 radical (unpaired) electrons. The molecular formula is C14H26N2O3Si. The molecule has 3 N–H and O–H groups in total. The van der Waals surface area contributed by atoms with Crippen LogP contribution in [0.2, 0.25) is 6.04 Å². The second-order valence-corrected chi connectivity index (χ2v) is 7.69. The zero-order chi connectivity index (χ0) is 14.8. The van der Waals surface area contributed by atoms with E-state index in [1.807, 2.05) is 30.3 Å². The van der Waals surface area contributed by atoms with Gasteiger partial charge in [-0.05, 0) is 31.0 Å². The van der Waals surface area contributed by atoms with E-state index in [4.69, 9.17) is 19.0 Å². The first-order chi connectivity index (χ1) is 9.69. The Bertz CT molecular complexity index is 352. The van der Waals surface area contributed by atoms with E-state index in [0.29, 0.717) is 12.5 Å². The van der Waals surface area contributed by atoms with Crippen molar-refractivity contribution in [2.75, 3.05) is 39.7 Å². The monoisotopic (exact) mass is 298 g/mol. The topological polar surface area (TPSA) is 65.7 Å². The van der Waals surface area contributed by atoms with Crippen molar-refractivity contribution < 1.29 is 13.3 Å². The van der Waals surface area contributed by atoms with Gasteiger partial charge in [0.1, 0.15) is 0 Å². The van der Waals surface area contributed by atoms with Gasteiger partial charge in [0.25, 0.3) is 0 Å². The molecule has 0 amide bonds. The first-order valence-corrected chi connectivity index (χ1v) is 8.77. The van der Waals surface area contributed by atoms with Crippen LogP contribution in [0, 0.1) is 5.92 Å². The minimum atomic E-state index is -2.55. The minimum Gasteiger partial charge on any atom is -0.385 e. The van der Waals surface area contributed by atoms with Gasteiger partial charge in [-0.2, -0.15) is 0 Å². The number of rotatable bonds is 10. The van der Waals surface area contributed by atoms with E-state index in [9.17, 15) is 0 Å². The third kappa shape index (κ3) is 5.22. The summed E-state index contributed by atoms with van der Waals surface area (Å²) in [5.41, 5.74) is 6.81.